The Morgan fingerprint density at radius 1 is 1.22 bits per heavy atom. The molecule has 0 spiro atoms. The fraction of sp³-hybridized carbons (Fsp3) is 0.278. The molecule has 1 aromatic carbocycles. The van der Waals surface area contributed by atoms with E-state index < -0.39 is 0 Å². The summed E-state index contributed by atoms with van der Waals surface area (Å²) in [4.78, 5) is 12.0. The summed E-state index contributed by atoms with van der Waals surface area (Å²) in [6.45, 7) is 3.29. The first kappa shape index (κ1) is 19.7. The largest absolute Gasteiger partial charge is 0.459 e. The average molecular weight is 423 g/mol. The number of carbonyl (C=O) groups is 1. The predicted molar refractivity (Wildman–Crippen MR) is 110 cm³/mol. The molecule has 2 aromatic heterocycles. The summed E-state index contributed by atoms with van der Waals surface area (Å²) in [6, 6.07) is 11.2. The third-order valence-corrected chi connectivity index (χ3v) is 5.78. The van der Waals surface area contributed by atoms with E-state index in [1.54, 1.807) is 0 Å². The SMILES string of the molecule is CCCNc1nnc(SCC(=O)NCc2ccc(-c3ccc(Cl)cc3)o2)s1. The topological polar surface area (TPSA) is 80.0 Å². The highest BCUT2D eigenvalue weighted by Crippen LogP contribution is 2.26. The van der Waals surface area contributed by atoms with Crippen molar-refractivity contribution in [2.24, 2.45) is 0 Å². The van der Waals surface area contributed by atoms with Crippen molar-refractivity contribution in [1.82, 2.24) is 15.5 Å². The molecule has 2 heterocycles. The highest BCUT2D eigenvalue weighted by molar-refractivity contribution is 8.01. The molecule has 0 atom stereocenters. The van der Waals surface area contributed by atoms with Crippen LogP contribution in [0, 0.1) is 0 Å². The Bertz CT molecular complexity index is 880. The lowest BCUT2D eigenvalue weighted by molar-refractivity contribution is -0.118. The quantitative estimate of drug-likeness (QED) is 0.487. The number of thioether (sulfide) groups is 1. The van der Waals surface area contributed by atoms with Crippen LogP contribution in [-0.2, 0) is 11.3 Å². The van der Waals surface area contributed by atoms with Gasteiger partial charge in [0.05, 0.1) is 12.3 Å². The summed E-state index contributed by atoms with van der Waals surface area (Å²) in [7, 11) is 0. The van der Waals surface area contributed by atoms with Crippen LogP contribution in [0.15, 0.2) is 45.2 Å². The van der Waals surface area contributed by atoms with Crippen molar-refractivity contribution in [3.63, 3.8) is 0 Å². The highest BCUT2D eigenvalue weighted by Gasteiger charge is 2.10. The summed E-state index contributed by atoms with van der Waals surface area (Å²) in [5, 5.41) is 15.6. The van der Waals surface area contributed by atoms with E-state index >= 15 is 0 Å². The zero-order valence-electron chi connectivity index (χ0n) is 14.7. The lowest BCUT2D eigenvalue weighted by Crippen LogP contribution is -2.24. The molecule has 0 aliphatic heterocycles. The first-order valence-corrected chi connectivity index (χ1v) is 10.6. The van der Waals surface area contributed by atoms with Gasteiger partial charge in [0, 0.05) is 17.1 Å². The fourth-order valence-corrected chi connectivity index (χ4v) is 3.91. The summed E-state index contributed by atoms with van der Waals surface area (Å²) >= 11 is 8.72. The Labute approximate surface area is 170 Å². The second-order valence-corrected chi connectivity index (χ2v) is 8.27. The van der Waals surface area contributed by atoms with E-state index in [-0.39, 0.29) is 11.7 Å². The van der Waals surface area contributed by atoms with E-state index in [9.17, 15) is 4.79 Å². The molecule has 9 heteroatoms. The number of carbonyl (C=O) groups excluding carboxylic acids is 1. The molecule has 142 valence electrons. The Morgan fingerprint density at radius 3 is 2.81 bits per heavy atom. The molecule has 3 rings (SSSR count). The van der Waals surface area contributed by atoms with Crippen LogP contribution >= 0.6 is 34.7 Å². The number of nitrogens with one attached hydrogen (secondary N) is 2. The normalized spacial score (nSPS) is 10.7. The predicted octanol–water partition coefficient (Wildman–Crippen LogP) is 4.68. The van der Waals surface area contributed by atoms with E-state index in [0.29, 0.717) is 17.3 Å². The minimum atomic E-state index is -0.0808. The Balaban J connectivity index is 1.44. The van der Waals surface area contributed by atoms with Crippen molar-refractivity contribution in [1.29, 1.82) is 0 Å². The maximum atomic E-state index is 12.0. The van der Waals surface area contributed by atoms with Crippen molar-refractivity contribution >= 4 is 45.7 Å². The minimum Gasteiger partial charge on any atom is -0.459 e. The molecule has 3 aromatic rings. The van der Waals surface area contributed by atoms with Gasteiger partial charge in [0.1, 0.15) is 11.5 Å². The van der Waals surface area contributed by atoms with Gasteiger partial charge in [0.15, 0.2) is 4.34 Å². The van der Waals surface area contributed by atoms with Crippen LogP contribution in [0.4, 0.5) is 5.13 Å². The number of halogens is 1. The van der Waals surface area contributed by atoms with Crippen molar-refractivity contribution in [3.05, 3.63) is 47.2 Å². The molecule has 1 amide bonds. The Morgan fingerprint density at radius 2 is 2.04 bits per heavy atom. The van der Waals surface area contributed by atoms with Crippen LogP contribution < -0.4 is 10.6 Å². The van der Waals surface area contributed by atoms with Crippen LogP contribution in [0.25, 0.3) is 11.3 Å². The molecule has 0 fully saturated rings. The molecule has 27 heavy (non-hydrogen) atoms. The standard InChI is InChI=1S/C18H19ClN4O2S2/c1-2-9-20-17-22-23-18(27-17)26-11-16(24)21-10-14-7-8-15(25-14)12-3-5-13(19)6-4-12/h3-8H,2,9-11H2,1H3,(H,20,22)(H,21,24). The third kappa shape index (κ3) is 5.98. The monoisotopic (exact) mass is 422 g/mol. The number of anilines is 1. The number of rotatable bonds is 9. The maximum Gasteiger partial charge on any atom is 0.230 e. The maximum absolute atomic E-state index is 12.0. The zero-order valence-corrected chi connectivity index (χ0v) is 17.1. The van der Waals surface area contributed by atoms with Crippen molar-refractivity contribution in [2.45, 2.75) is 24.2 Å². The van der Waals surface area contributed by atoms with Crippen LogP contribution in [0.2, 0.25) is 5.02 Å². The molecule has 0 saturated heterocycles. The Kier molecular flexibility index (Phi) is 7.14. The second-order valence-electron chi connectivity index (χ2n) is 5.64. The van der Waals surface area contributed by atoms with Gasteiger partial charge in [-0.2, -0.15) is 0 Å². The summed E-state index contributed by atoms with van der Waals surface area (Å²) < 4.78 is 6.54. The van der Waals surface area contributed by atoms with Crippen LogP contribution in [-0.4, -0.2) is 28.4 Å². The van der Waals surface area contributed by atoms with Gasteiger partial charge in [0.2, 0.25) is 11.0 Å². The second kappa shape index (κ2) is 9.77. The number of hydrogen-bond acceptors (Lipinski definition) is 7. The molecule has 6 nitrogen and oxygen atoms in total. The van der Waals surface area contributed by atoms with Gasteiger partial charge in [-0.25, -0.2) is 0 Å². The van der Waals surface area contributed by atoms with Gasteiger partial charge >= 0.3 is 0 Å². The molecule has 0 aliphatic rings. The van der Waals surface area contributed by atoms with E-state index in [1.165, 1.54) is 23.1 Å². The molecule has 0 saturated carbocycles. The third-order valence-electron chi connectivity index (χ3n) is 3.51. The number of aromatic nitrogens is 2. The highest BCUT2D eigenvalue weighted by atomic mass is 35.5. The number of nitrogens with zero attached hydrogens (tertiary/aromatic N) is 2. The van der Waals surface area contributed by atoms with Crippen molar-refractivity contribution in [2.75, 3.05) is 17.6 Å². The minimum absolute atomic E-state index is 0.0808. The van der Waals surface area contributed by atoms with Gasteiger partial charge < -0.3 is 15.1 Å². The number of hydrogen-bond donors (Lipinski definition) is 2. The summed E-state index contributed by atoms with van der Waals surface area (Å²) in [5.41, 5.74) is 0.941. The number of benzene rings is 1. The average Bonchev–Trinajstić information content (AvgIpc) is 3.33. The molecular formula is C18H19ClN4O2S2. The van der Waals surface area contributed by atoms with Gasteiger partial charge in [-0.15, -0.1) is 10.2 Å². The summed E-state index contributed by atoms with van der Waals surface area (Å²) in [5.74, 6) is 1.64. The summed E-state index contributed by atoms with van der Waals surface area (Å²) in [6.07, 6.45) is 1.02. The first-order valence-electron chi connectivity index (χ1n) is 8.45. The number of amides is 1. The zero-order chi connectivity index (χ0) is 19.1. The lowest BCUT2D eigenvalue weighted by atomic mass is 10.2. The van der Waals surface area contributed by atoms with Crippen molar-refractivity contribution < 1.29 is 9.21 Å². The smallest absolute Gasteiger partial charge is 0.230 e. The molecule has 0 bridgehead atoms. The van der Waals surface area contributed by atoms with Gasteiger partial charge in [-0.1, -0.05) is 41.6 Å². The first-order chi connectivity index (χ1) is 13.1. The van der Waals surface area contributed by atoms with E-state index in [0.717, 1.165) is 33.8 Å². The van der Waals surface area contributed by atoms with Gasteiger partial charge in [-0.05, 0) is 42.8 Å². The van der Waals surface area contributed by atoms with Crippen LogP contribution in [0.5, 0.6) is 0 Å². The van der Waals surface area contributed by atoms with Crippen LogP contribution in [0.3, 0.4) is 0 Å². The van der Waals surface area contributed by atoms with E-state index in [1.807, 2.05) is 36.4 Å². The molecular weight excluding hydrogens is 404 g/mol. The fourth-order valence-electron chi connectivity index (χ4n) is 2.18. The molecule has 0 radical (unpaired) electrons. The molecule has 0 aliphatic carbocycles. The van der Waals surface area contributed by atoms with E-state index in [2.05, 4.69) is 27.8 Å². The van der Waals surface area contributed by atoms with Gasteiger partial charge in [-0.3, -0.25) is 4.79 Å². The lowest BCUT2D eigenvalue weighted by Gasteiger charge is -2.02. The Hall–Kier alpha value is -2.03. The van der Waals surface area contributed by atoms with Gasteiger partial charge in [0.25, 0.3) is 0 Å². The van der Waals surface area contributed by atoms with Crippen LogP contribution in [0.1, 0.15) is 19.1 Å². The molecule has 0 unspecified atom stereocenters. The molecule has 2 N–H and O–H groups in total. The van der Waals surface area contributed by atoms with Crippen molar-refractivity contribution in [3.8, 4) is 11.3 Å². The number of furan rings is 1. The van der Waals surface area contributed by atoms with E-state index in [4.69, 9.17) is 16.0 Å².